The van der Waals surface area contributed by atoms with Crippen molar-refractivity contribution in [2.45, 2.75) is 104 Å². The molecular formula is C98H116ClF3N22O14S5. The van der Waals surface area contributed by atoms with Gasteiger partial charge in [-0.05, 0) is 236 Å². The largest absolute Gasteiger partial charge is 0.481 e. The van der Waals surface area contributed by atoms with Gasteiger partial charge in [-0.2, -0.15) is 5.26 Å². The Balaban J connectivity index is 0.000000218. The average molecular weight is 2080 g/mol. The number of carbonyl (C=O) groups is 4. The van der Waals surface area contributed by atoms with Gasteiger partial charge in [-0.15, -0.1) is 11.3 Å². The van der Waals surface area contributed by atoms with Crippen LogP contribution in [0.3, 0.4) is 0 Å². The zero-order valence-electron chi connectivity index (χ0n) is 78.6. The molecule has 0 spiro atoms. The molecule has 4 saturated heterocycles. The summed E-state index contributed by atoms with van der Waals surface area (Å²) < 4.78 is 164. The lowest BCUT2D eigenvalue weighted by molar-refractivity contribution is -0.138. The minimum absolute atomic E-state index is 0. The van der Waals surface area contributed by atoms with E-state index in [2.05, 4.69) is 84.9 Å². The highest BCUT2D eigenvalue weighted by Crippen LogP contribution is 2.35. The molecular weight excluding hydrogens is 1960 g/mol. The first-order valence-corrected chi connectivity index (χ1v) is 52.9. The monoisotopic (exact) mass is 2080 g/mol. The third kappa shape index (κ3) is 25.6. The Morgan fingerprint density at radius 2 is 1.04 bits per heavy atom. The zero-order valence-corrected chi connectivity index (χ0v) is 83.4. The normalized spacial score (nSPS) is 16.0. The van der Waals surface area contributed by atoms with Crippen LogP contribution >= 0.6 is 22.9 Å². The lowest BCUT2D eigenvalue weighted by Crippen LogP contribution is -2.55. The number of nitrogens with zero attached hydrogens (tertiary/aromatic N) is 17. The van der Waals surface area contributed by atoms with Gasteiger partial charge < -0.3 is 63.2 Å². The molecule has 4 unspecified atom stereocenters. The number of fused-ring (bicyclic) bond motifs is 2. The zero-order chi connectivity index (χ0) is 101. The Morgan fingerprint density at radius 1 is 0.524 bits per heavy atom. The number of thiazole rings is 1. The molecule has 4 fully saturated rings. The summed E-state index contributed by atoms with van der Waals surface area (Å²) in [6.07, 6.45) is 9.77. The first kappa shape index (κ1) is 103. The fourth-order valence-electron chi connectivity index (χ4n) is 17.1. The van der Waals surface area contributed by atoms with Gasteiger partial charge in [0.25, 0.3) is 46.0 Å². The van der Waals surface area contributed by atoms with Crippen LogP contribution in [0.2, 0.25) is 5.02 Å². The summed E-state index contributed by atoms with van der Waals surface area (Å²) in [5.74, 6) is -0.359. The summed E-state index contributed by atoms with van der Waals surface area (Å²) in [5, 5.41) is 18.5. The smallest absolute Gasteiger partial charge is 0.264 e. The summed E-state index contributed by atoms with van der Waals surface area (Å²) in [7, 11) is -15.0. The molecule has 5 aliphatic heterocycles. The highest BCUT2D eigenvalue weighted by molar-refractivity contribution is 7.93. The van der Waals surface area contributed by atoms with Gasteiger partial charge in [0.2, 0.25) is 23.6 Å². The molecule has 0 aliphatic carbocycles. The van der Waals surface area contributed by atoms with Gasteiger partial charge in [-0.1, -0.05) is 35.0 Å². The SMILES string of the molecule is CC(Nc1ccc(F)c(Cl)c1)C(=O)N1CCN(c2ccc(S(=O)(=O)Nc3ccncn3)cc2)CC1.CC(Oc1cccc(C#N)c1)C(=O)N1CCN(c2ccc(S(=O)(=O)Nc3ccncn3)cc2)CC1.CC1CN(c2ccc(S(=O)(=O)Nc3nccs3)cc2)CCN1C(=O)C(C)n1ccc2cccc(F)c21.Cc1cc(NS(=O)(=O)c2ccc(N3CCN(C(=O)[C@@H](C)N4CCCc5cc(F)ccc54)CC3)cc2)on1.[HH].[HH].[HH].[HH].[HH].[HH]. The number of benzene rings is 8. The van der Waals surface area contributed by atoms with Crippen molar-refractivity contribution < 1.29 is 83.8 Å². The van der Waals surface area contributed by atoms with E-state index < -0.39 is 64.1 Å². The van der Waals surface area contributed by atoms with E-state index in [1.165, 1.54) is 103 Å². The highest BCUT2D eigenvalue weighted by atomic mass is 35.5. The van der Waals surface area contributed by atoms with Gasteiger partial charge in [0.05, 0.1) is 47.4 Å². The van der Waals surface area contributed by atoms with E-state index >= 15 is 0 Å². The number of nitriles is 1. The molecule has 18 rings (SSSR count). The van der Waals surface area contributed by atoms with E-state index in [1.54, 1.807) is 181 Å². The van der Waals surface area contributed by atoms with Crippen LogP contribution in [0.5, 0.6) is 5.75 Å². The number of hydrogen-bond acceptors (Lipinski definition) is 28. The van der Waals surface area contributed by atoms with Crippen molar-refractivity contribution in [3.05, 3.63) is 282 Å². The molecule has 143 heavy (non-hydrogen) atoms. The molecule has 5 atom stereocenters. The van der Waals surface area contributed by atoms with Crippen LogP contribution in [0.15, 0.2) is 267 Å². The maximum atomic E-state index is 14.5. The van der Waals surface area contributed by atoms with Crippen LogP contribution in [0, 0.1) is 35.7 Å². The van der Waals surface area contributed by atoms with Crippen molar-refractivity contribution in [2.75, 3.05) is 153 Å². The maximum absolute atomic E-state index is 14.5. The fourth-order valence-corrected chi connectivity index (χ4v) is 22.1. The first-order valence-electron chi connectivity index (χ1n) is 45.8. The summed E-state index contributed by atoms with van der Waals surface area (Å²) in [6.45, 7) is 20.2. The predicted octanol–water partition coefficient (Wildman–Crippen LogP) is 14.7. The van der Waals surface area contributed by atoms with Gasteiger partial charge in [0.1, 0.15) is 65.6 Å². The third-order valence-electron chi connectivity index (χ3n) is 24.7. The minimum atomic E-state index is -3.79. The molecule has 0 bridgehead atoms. The molecule has 0 radical (unpaired) electrons. The molecule has 5 N–H and O–H groups in total. The van der Waals surface area contributed by atoms with Gasteiger partial charge in [0.15, 0.2) is 11.2 Å². The Labute approximate surface area is 844 Å². The summed E-state index contributed by atoms with van der Waals surface area (Å²) in [5.41, 5.74) is 7.46. The van der Waals surface area contributed by atoms with E-state index in [1.807, 2.05) is 35.8 Å². The number of anilines is 10. The van der Waals surface area contributed by atoms with E-state index in [4.69, 9.17) is 26.1 Å². The molecule has 45 heteroatoms. The van der Waals surface area contributed by atoms with Crippen LogP contribution < -0.4 is 53.4 Å². The number of aryl methyl sites for hydroxylation is 2. The van der Waals surface area contributed by atoms with Crippen LogP contribution in [-0.2, 0) is 65.7 Å². The second kappa shape index (κ2) is 45.5. The van der Waals surface area contributed by atoms with Gasteiger partial charge >= 0.3 is 0 Å². The number of hydrogen-bond donors (Lipinski definition) is 5. The van der Waals surface area contributed by atoms with Crippen molar-refractivity contribution in [1.29, 1.82) is 5.26 Å². The number of halogens is 4. The molecule has 5 aromatic heterocycles. The Kier molecular flexibility index (Phi) is 32.7. The third-order valence-corrected chi connectivity index (χ3v) is 31.2. The number of carbonyl (C=O) groups excluding carboxylic acids is 4. The average Bonchev–Trinajstić information content (AvgIpc) is 1.69. The topological polar surface area (TPSA) is 423 Å². The fraction of sp³-hybridized carbons (Fsp3) is 0.296. The van der Waals surface area contributed by atoms with Crippen LogP contribution in [0.4, 0.5) is 69.9 Å². The van der Waals surface area contributed by atoms with Crippen molar-refractivity contribution in [3.63, 3.8) is 0 Å². The molecule has 760 valence electrons. The van der Waals surface area contributed by atoms with Crippen molar-refractivity contribution in [1.82, 2.24) is 54.2 Å². The Bertz CT molecular complexity index is 7220. The number of ether oxygens (including phenoxy) is 1. The molecule has 8 aromatic carbocycles. The first-order chi connectivity index (χ1) is 68.5. The minimum Gasteiger partial charge on any atom is -0.481 e. The number of rotatable bonds is 26. The van der Waals surface area contributed by atoms with Crippen molar-refractivity contribution in [2.24, 2.45) is 0 Å². The Hall–Kier alpha value is -14.7. The predicted molar refractivity (Wildman–Crippen MR) is 553 cm³/mol. The summed E-state index contributed by atoms with van der Waals surface area (Å²) in [4.78, 5) is 90.0. The summed E-state index contributed by atoms with van der Waals surface area (Å²) in [6, 6.07) is 54.0. The number of para-hydroxylation sites is 1. The molecule has 5 aliphatic rings. The number of sulfonamides is 4. The van der Waals surface area contributed by atoms with E-state index in [0.29, 0.717) is 132 Å². The molecule has 0 saturated carbocycles. The lowest BCUT2D eigenvalue weighted by atomic mass is 9.99. The van der Waals surface area contributed by atoms with Gasteiger partial charge in [0, 0.05) is 195 Å². The molecule has 10 heterocycles. The highest BCUT2D eigenvalue weighted by Gasteiger charge is 2.36. The van der Waals surface area contributed by atoms with Crippen LogP contribution in [-0.4, -0.2) is 240 Å². The second-order valence-corrected chi connectivity index (χ2v) is 42.3. The lowest BCUT2D eigenvalue weighted by Gasteiger charge is -2.42. The van der Waals surface area contributed by atoms with Crippen molar-refractivity contribution >= 4 is 154 Å². The molecule has 4 amide bonds. The van der Waals surface area contributed by atoms with Crippen LogP contribution in [0.1, 0.15) is 72.5 Å². The number of piperazine rings is 4. The van der Waals surface area contributed by atoms with E-state index in [9.17, 15) is 66.0 Å². The number of aromatic nitrogens is 7. The second-order valence-electron chi connectivity index (χ2n) is 34.2. The van der Waals surface area contributed by atoms with Crippen LogP contribution in [0.25, 0.3) is 10.9 Å². The standard InChI is InChI=1S/C26H30FN5O4S.C25H26FN5O3S2.C24H24N6O4S.C23H24ClFN6O3S.6H2/c1-18-16-25(36-28-18)29-37(34,35)23-8-6-22(7-9-23)30-12-14-31(15-13-30)26(33)19(2)32-11-3-4-20-17-21(27)5-10-24(20)32;1-17-16-29(20-6-8-21(9-7-20)36(33,34)28-25-27-11-15-35-25)13-14-30(17)24(32)18(2)31-12-10-19-4-3-5-22(26)23(19)31;1-18(34-21-4-2-3-19(15-21)16-25)24(31)30-13-11-29(12-14-30)20-5-7-22(8-6-20)35(32,33)28-23-9-10-26-17-27-23;1-16(28-17-2-7-21(25)20(24)14-17)23(32)31-12-10-30(11-13-31)18-3-5-19(6-4-18)35(33,34)29-22-8-9-26-15-27-22;;;;;;/h5-10,16-17,19,29H,3-4,11-15H2,1-2H3;3-12,15,17-18H,13-14,16H2,1-2H3,(H,27,28);2-10,15,17-18H,11-14H2,1H3,(H,26,27,28);2-9,14-16,28H,10-13H2,1H3,(H,26,27,29);6*1H/t19-;;;;;;;;;/m1........./s1. The quantitative estimate of drug-likeness (QED) is 0.0336. The van der Waals surface area contributed by atoms with Crippen molar-refractivity contribution in [3.8, 4) is 11.8 Å². The Morgan fingerprint density at radius 3 is 1.55 bits per heavy atom. The molecule has 13 aromatic rings. The van der Waals surface area contributed by atoms with Gasteiger partial charge in [-0.25, -0.2) is 76.5 Å². The van der Waals surface area contributed by atoms with E-state index in [0.717, 1.165) is 58.8 Å². The maximum Gasteiger partial charge on any atom is 0.264 e. The van der Waals surface area contributed by atoms with Gasteiger partial charge in [-0.3, -0.25) is 33.3 Å². The number of amides is 4. The number of nitrogens with one attached hydrogen (secondary N) is 5. The summed E-state index contributed by atoms with van der Waals surface area (Å²) >= 11 is 7.03. The molecule has 36 nitrogen and oxygen atoms in total. The van der Waals surface area contributed by atoms with E-state index in [-0.39, 0.29) is 98.0 Å².